The molecule has 0 rings (SSSR count). The van der Waals surface area contributed by atoms with Gasteiger partial charge < -0.3 is 0 Å². The fraction of sp³-hybridized carbons (Fsp3) is 0.944. The molecule has 0 aliphatic carbocycles. The first kappa shape index (κ1) is 21.7. The number of hydrogen-bond donors (Lipinski definition) is 0. The van der Waals surface area contributed by atoms with Crippen LogP contribution in [-0.4, -0.2) is 12.6 Å². The molecule has 0 aromatic rings. The molecular formula is C18H37NO. The number of nitrogens with zero attached hydrogens (tertiary/aromatic N) is 1. The minimum absolute atomic E-state index is 0.662. The van der Waals surface area contributed by atoms with Gasteiger partial charge in [-0.3, -0.25) is 0 Å². The monoisotopic (exact) mass is 283 g/mol. The number of unbranched alkanes of at least 4 members (excludes halogenated alkanes) is 11. The first-order valence-electron chi connectivity index (χ1n) is 8.87. The van der Waals surface area contributed by atoms with E-state index in [1.165, 1.54) is 77.0 Å². The third kappa shape index (κ3) is 26.0. The van der Waals surface area contributed by atoms with Gasteiger partial charge in [0.25, 0.3) is 0 Å². The van der Waals surface area contributed by atoms with Gasteiger partial charge in [0.2, 0.25) is 6.08 Å². The van der Waals surface area contributed by atoms with E-state index in [0.717, 1.165) is 6.42 Å². The lowest BCUT2D eigenvalue weighted by Crippen LogP contribution is -1.81. The third-order valence-corrected chi connectivity index (χ3v) is 3.40. The fourth-order valence-corrected chi connectivity index (χ4v) is 2.05. The highest BCUT2D eigenvalue weighted by Crippen LogP contribution is 2.06. The maximum Gasteiger partial charge on any atom is 0.234 e. The Labute approximate surface area is 127 Å². The summed E-state index contributed by atoms with van der Waals surface area (Å²) >= 11 is 0. The van der Waals surface area contributed by atoms with Crippen LogP contribution in [0.1, 0.15) is 104 Å². The molecule has 2 heteroatoms. The zero-order valence-corrected chi connectivity index (χ0v) is 14.3. The van der Waals surface area contributed by atoms with Gasteiger partial charge in [-0.25, -0.2) is 9.79 Å². The van der Waals surface area contributed by atoms with Crippen LogP contribution in [-0.2, 0) is 4.79 Å². The largest absolute Gasteiger partial charge is 0.234 e. The molecule has 0 spiro atoms. The van der Waals surface area contributed by atoms with Crippen LogP contribution in [0.15, 0.2) is 4.99 Å². The molecule has 120 valence electrons. The third-order valence-electron chi connectivity index (χ3n) is 3.40. The van der Waals surface area contributed by atoms with E-state index in [4.69, 9.17) is 0 Å². The van der Waals surface area contributed by atoms with Crippen molar-refractivity contribution in [2.24, 2.45) is 4.99 Å². The Morgan fingerprint density at radius 3 is 1.30 bits per heavy atom. The molecule has 0 bridgehead atoms. The lowest BCUT2D eigenvalue weighted by molar-refractivity contribution is 0.560. The number of aliphatic imine (C=N–C) groups is 1. The molecule has 0 N–H and O–H groups in total. The molecule has 20 heavy (non-hydrogen) atoms. The highest BCUT2D eigenvalue weighted by molar-refractivity contribution is 5.32. The number of isocyanates is 1. The standard InChI is InChI=1S/C9H17NO.C9H20/c1-2-3-4-5-6-7-8-10-9-11;1-3-5-7-9-8-6-4-2/h2-8H2,1H3;3-9H2,1-2H3. The van der Waals surface area contributed by atoms with E-state index in [0.29, 0.717) is 6.54 Å². The lowest BCUT2D eigenvalue weighted by Gasteiger charge is -1.96. The van der Waals surface area contributed by atoms with E-state index in [9.17, 15) is 4.79 Å². The topological polar surface area (TPSA) is 29.4 Å². The summed E-state index contributed by atoms with van der Waals surface area (Å²) in [5.74, 6) is 0. The molecule has 0 amide bonds. The molecule has 0 radical (unpaired) electrons. The van der Waals surface area contributed by atoms with Crippen molar-refractivity contribution in [3.63, 3.8) is 0 Å². The Morgan fingerprint density at radius 1 is 0.600 bits per heavy atom. The molecule has 0 atom stereocenters. The minimum atomic E-state index is 0.662. The Bertz CT molecular complexity index is 192. The van der Waals surface area contributed by atoms with Gasteiger partial charge >= 0.3 is 0 Å². The lowest BCUT2D eigenvalue weighted by atomic mass is 10.1. The second-order valence-corrected chi connectivity index (χ2v) is 5.51. The highest BCUT2D eigenvalue weighted by atomic mass is 16.1. The van der Waals surface area contributed by atoms with Gasteiger partial charge in [0.15, 0.2) is 0 Å². The average molecular weight is 283 g/mol. The molecule has 0 aliphatic heterocycles. The van der Waals surface area contributed by atoms with Crippen LogP contribution in [0.4, 0.5) is 0 Å². The van der Waals surface area contributed by atoms with Crippen LogP contribution in [0.2, 0.25) is 0 Å². The predicted molar refractivity (Wildman–Crippen MR) is 90.0 cm³/mol. The minimum Gasteiger partial charge on any atom is -0.211 e. The summed E-state index contributed by atoms with van der Waals surface area (Å²) in [4.78, 5) is 13.1. The van der Waals surface area contributed by atoms with Gasteiger partial charge in [-0.2, -0.15) is 0 Å². The van der Waals surface area contributed by atoms with E-state index in [2.05, 4.69) is 25.8 Å². The van der Waals surface area contributed by atoms with Gasteiger partial charge in [0, 0.05) is 0 Å². The Kier molecular flexibility index (Phi) is 25.4. The smallest absolute Gasteiger partial charge is 0.211 e. The van der Waals surface area contributed by atoms with Gasteiger partial charge in [0.1, 0.15) is 0 Å². The van der Waals surface area contributed by atoms with Crippen molar-refractivity contribution in [3.8, 4) is 0 Å². The van der Waals surface area contributed by atoms with Crippen LogP contribution in [0.5, 0.6) is 0 Å². The van der Waals surface area contributed by atoms with Crippen molar-refractivity contribution in [1.82, 2.24) is 0 Å². The Balaban J connectivity index is 0. The van der Waals surface area contributed by atoms with E-state index in [1.807, 2.05) is 0 Å². The van der Waals surface area contributed by atoms with Gasteiger partial charge in [0.05, 0.1) is 6.54 Å². The molecule has 0 aromatic heterocycles. The molecule has 0 aliphatic rings. The molecule has 0 saturated carbocycles. The fourth-order valence-electron chi connectivity index (χ4n) is 2.05. The summed E-state index contributed by atoms with van der Waals surface area (Å²) in [6.45, 7) is 7.39. The first-order chi connectivity index (χ1) is 9.83. The van der Waals surface area contributed by atoms with E-state index < -0.39 is 0 Å². The quantitative estimate of drug-likeness (QED) is 0.217. The van der Waals surface area contributed by atoms with Crippen molar-refractivity contribution in [3.05, 3.63) is 0 Å². The highest BCUT2D eigenvalue weighted by Gasteiger charge is 1.88. The van der Waals surface area contributed by atoms with Gasteiger partial charge in [-0.15, -0.1) is 0 Å². The van der Waals surface area contributed by atoms with E-state index in [1.54, 1.807) is 6.08 Å². The second kappa shape index (κ2) is 23.5. The van der Waals surface area contributed by atoms with E-state index >= 15 is 0 Å². The number of carbonyl (C=O) groups excluding carboxylic acids is 1. The normalized spacial score (nSPS) is 9.55. The summed E-state index contributed by atoms with van der Waals surface area (Å²) in [5.41, 5.74) is 0. The summed E-state index contributed by atoms with van der Waals surface area (Å²) < 4.78 is 0. The van der Waals surface area contributed by atoms with Crippen LogP contribution >= 0.6 is 0 Å². The SMILES string of the molecule is CCCCCCCCC.CCCCCCCCN=C=O. The van der Waals surface area contributed by atoms with Crippen LogP contribution in [0.25, 0.3) is 0 Å². The van der Waals surface area contributed by atoms with Crippen molar-refractivity contribution in [2.75, 3.05) is 6.54 Å². The Hall–Kier alpha value is -0.620. The predicted octanol–water partition coefficient (Wildman–Crippen LogP) is 6.44. The Morgan fingerprint density at radius 2 is 0.950 bits per heavy atom. The molecule has 0 unspecified atom stereocenters. The van der Waals surface area contributed by atoms with Crippen molar-refractivity contribution in [2.45, 2.75) is 104 Å². The molecule has 0 aromatic carbocycles. The van der Waals surface area contributed by atoms with Crippen molar-refractivity contribution in [1.29, 1.82) is 0 Å². The summed E-state index contributed by atoms with van der Waals surface area (Å²) in [7, 11) is 0. The molecule has 0 saturated heterocycles. The number of rotatable bonds is 13. The summed E-state index contributed by atoms with van der Waals surface area (Å²) in [6, 6.07) is 0. The van der Waals surface area contributed by atoms with Gasteiger partial charge in [-0.1, -0.05) is 97.8 Å². The first-order valence-corrected chi connectivity index (χ1v) is 8.87. The van der Waals surface area contributed by atoms with Crippen molar-refractivity contribution < 1.29 is 4.79 Å². The van der Waals surface area contributed by atoms with Crippen LogP contribution in [0, 0.1) is 0 Å². The average Bonchev–Trinajstić information content (AvgIpc) is 2.47. The maximum absolute atomic E-state index is 9.65. The molecule has 0 heterocycles. The second-order valence-electron chi connectivity index (χ2n) is 5.51. The van der Waals surface area contributed by atoms with Crippen LogP contribution in [0.3, 0.4) is 0 Å². The molecular weight excluding hydrogens is 246 g/mol. The zero-order chi connectivity index (χ0) is 15.3. The van der Waals surface area contributed by atoms with Crippen molar-refractivity contribution >= 4 is 6.08 Å². The maximum atomic E-state index is 9.65. The zero-order valence-electron chi connectivity index (χ0n) is 14.3. The van der Waals surface area contributed by atoms with Gasteiger partial charge in [-0.05, 0) is 6.42 Å². The van der Waals surface area contributed by atoms with E-state index in [-0.39, 0.29) is 0 Å². The molecule has 2 nitrogen and oxygen atoms in total. The summed E-state index contributed by atoms with van der Waals surface area (Å²) in [5, 5.41) is 0. The summed E-state index contributed by atoms with van der Waals surface area (Å²) in [6.07, 6.45) is 19.0. The van der Waals surface area contributed by atoms with Crippen LogP contribution < -0.4 is 0 Å². The number of hydrogen-bond acceptors (Lipinski definition) is 2. The molecule has 0 fully saturated rings.